The molecule has 1 unspecified atom stereocenters. The van der Waals surface area contributed by atoms with Crippen molar-refractivity contribution in [1.29, 1.82) is 0 Å². The Morgan fingerprint density at radius 1 is 0.974 bits per heavy atom. The standard InChI is InChI=1S/C26H22F6N3O2P/c1-38(2)21-6-4-3-5-15(21)16-8-10-20(23(29)22(16)28)35-12-11-19(24(35)36)34-25(37)33-18-9-7-14(13-17(18)27)26(30,31)32/h3-10,13,19H,11-12H2,1-2H3,(H2,33,34,37). The molecule has 3 amide bonds. The number of rotatable bonds is 5. The van der Waals surface area contributed by atoms with E-state index in [2.05, 4.69) is 10.6 Å². The van der Waals surface area contributed by atoms with Crippen LogP contribution in [0.4, 0.5) is 42.5 Å². The van der Waals surface area contributed by atoms with Crippen LogP contribution in [0.25, 0.3) is 11.1 Å². The van der Waals surface area contributed by atoms with Gasteiger partial charge in [0.25, 0.3) is 0 Å². The van der Waals surface area contributed by atoms with Gasteiger partial charge in [-0.1, -0.05) is 32.2 Å². The minimum absolute atomic E-state index is 0.0278. The highest BCUT2D eigenvalue weighted by Crippen LogP contribution is 2.36. The van der Waals surface area contributed by atoms with Crippen molar-refractivity contribution < 1.29 is 35.9 Å². The van der Waals surface area contributed by atoms with Crippen LogP contribution in [0.3, 0.4) is 0 Å². The fraction of sp³-hybridized carbons (Fsp3) is 0.231. The molecule has 38 heavy (non-hydrogen) atoms. The Hall–Kier alpha value is -3.59. The molecule has 0 saturated carbocycles. The van der Waals surface area contributed by atoms with E-state index in [1.807, 2.05) is 25.5 Å². The van der Waals surface area contributed by atoms with Crippen molar-refractivity contribution >= 4 is 36.5 Å². The summed E-state index contributed by atoms with van der Waals surface area (Å²) in [6, 6.07) is 9.21. The van der Waals surface area contributed by atoms with Crippen molar-refractivity contribution in [1.82, 2.24) is 5.32 Å². The molecule has 12 heteroatoms. The first-order valence-corrected chi connectivity index (χ1v) is 13.6. The number of nitrogens with zero attached hydrogens (tertiary/aromatic N) is 1. The Labute approximate surface area is 215 Å². The van der Waals surface area contributed by atoms with E-state index in [9.17, 15) is 27.2 Å². The first-order chi connectivity index (χ1) is 17.9. The molecular weight excluding hydrogens is 531 g/mol. The third-order valence-corrected chi connectivity index (χ3v) is 7.44. The van der Waals surface area contributed by atoms with E-state index in [0.29, 0.717) is 11.6 Å². The highest BCUT2D eigenvalue weighted by atomic mass is 31.1. The maximum Gasteiger partial charge on any atom is 0.416 e. The number of amides is 3. The molecule has 200 valence electrons. The van der Waals surface area contributed by atoms with Gasteiger partial charge in [0.1, 0.15) is 11.9 Å². The van der Waals surface area contributed by atoms with Crippen LogP contribution >= 0.6 is 7.92 Å². The monoisotopic (exact) mass is 553 g/mol. The second-order valence-corrected chi connectivity index (χ2v) is 11.1. The van der Waals surface area contributed by atoms with Crippen molar-refractivity contribution in [3.63, 3.8) is 0 Å². The lowest BCUT2D eigenvalue weighted by molar-refractivity contribution is -0.137. The normalized spacial score (nSPS) is 15.8. The second-order valence-electron chi connectivity index (χ2n) is 8.79. The summed E-state index contributed by atoms with van der Waals surface area (Å²) in [4.78, 5) is 26.2. The highest BCUT2D eigenvalue weighted by Gasteiger charge is 2.36. The summed E-state index contributed by atoms with van der Waals surface area (Å²) >= 11 is 0. The molecule has 2 N–H and O–H groups in total. The van der Waals surface area contributed by atoms with Crippen LogP contribution in [0, 0.1) is 17.5 Å². The molecule has 0 aliphatic carbocycles. The number of halogens is 6. The van der Waals surface area contributed by atoms with Crippen LogP contribution in [0.1, 0.15) is 12.0 Å². The van der Waals surface area contributed by atoms with Gasteiger partial charge in [-0.15, -0.1) is 0 Å². The van der Waals surface area contributed by atoms with Crippen LogP contribution in [-0.4, -0.2) is 37.9 Å². The van der Waals surface area contributed by atoms with Gasteiger partial charge in [0.15, 0.2) is 11.6 Å². The molecule has 0 radical (unpaired) electrons. The molecule has 1 saturated heterocycles. The lowest BCUT2D eigenvalue weighted by Gasteiger charge is -2.20. The smallest absolute Gasteiger partial charge is 0.326 e. The molecule has 0 bridgehead atoms. The summed E-state index contributed by atoms with van der Waals surface area (Å²) < 4.78 is 82.5. The van der Waals surface area contributed by atoms with Crippen LogP contribution in [0.15, 0.2) is 54.6 Å². The number of urea groups is 1. The third-order valence-electron chi connectivity index (χ3n) is 6.08. The lowest BCUT2D eigenvalue weighted by atomic mass is 10.0. The number of carbonyl (C=O) groups excluding carboxylic acids is 2. The van der Waals surface area contributed by atoms with Crippen molar-refractivity contribution in [2.45, 2.75) is 18.6 Å². The van der Waals surface area contributed by atoms with Gasteiger partial charge in [0.2, 0.25) is 5.91 Å². The SMILES string of the molecule is CP(C)c1ccccc1-c1ccc(N2CCC(NC(=O)Nc3ccc(C(F)(F)F)cc3F)C2=O)c(F)c1F. The fourth-order valence-electron chi connectivity index (χ4n) is 4.21. The fourth-order valence-corrected chi connectivity index (χ4v) is 5.27. The summed E-state index contributed by atoms with van der Waals surface area (Å²) in [7, 11) is -0.601. The predicted octanol–water partition coefficient (Wildman–Crippen LogP) is 6.08. The molecule has 1 heterocycles. The summed E-state index contributed by atoms with van der Waals surface area (Å²) in [5.74, 6) is -4.34. The van der Waals surface area contributed by atoms with E-state index < -0.39 is 60.8 Å². The van der Waals surface area contributed by atoms with Crippen LogP contribution in [-0.2, 0) is 11.0 Å². The van der Waals surface area contributed by atoms with E-state index in [0.717, 1.165) is 16.3 Å². The Bertz CT molecular complexity index is 1400. The van der Waals surface area contributed by atoms with Gasteiger partial charge in [0.05, 0.1) is 16.9 Å². The molecule has 3 aromatic carbocycles. The lowest BCUT2D eigenvalue weighted by Crippen LogP contribution is -2.43. The van der Waals surface area contributed by atoms with E-state index in [1.165, 1.54) is 12.1 Å². The van der Waals surface area contributed by atoms with Crippen molar-refractivity contribution in [2.24, 2.45) is 0 Å². The van der Waals surface area contributed by atoms with Crippen molar-refractivity contribution in [3.05, 3.63) is 77.6 Å². The van der Waals surface area contributed by atoms with Crippen molar-refractivity contribution in [3.8, 4) is 11.1 Å². The molecular formula is C26H22F6N3O2P. The minimum atomic E-state index is -4.76. The second kappa shape index (κ2) is 10.6. The first kappa shape index (κ1) is 27.4. The number of benzene rings is 3. The first-order valence-electron chi connectivity index (χ1n) is 11.4. The Kier molecular flexibility index (Phi) is 7.69. The zero-order chi connectivity index (χ0) is 27.8. The number of nitrogens with one attached hydrogen (secondary N) is 2. The third kappa shape index (κ3) is 5.48. The average molecular weight is 553 g/mol. The largest absolute Gasteiger partial charge is 0.416 e. The Morgan fingerprint density at radius 2 is 1.68 bits per heavy atom. The van der Waals surface area contributed by atoms with Gasteiger partial charge >= 0.3 is 12.2 Å². The van der Waals surface area contributed by atoms with Crippen molar-refractivity contribution in [2.75, 3.05) is 30.1 Å². The highest BCUT2D eigenvalue weighted by molar-refractivity contribution is 7.64. The molecule has 1 aliphatic heterocycles. The Balaban J connectivity index is 1.48. The van der Waals surface area contributed by atoms with Gasteiger partial charge < -0.3 is 15.5 Å². The zero-order valence-electron chi connectivity index (χ0n) is 20.2. The number of carbonyl (C=O) groups is 2. The molecule has 0 aromatic heterocycles. The Morgan fingerprint density at radius 3 is 2.34 bits per heavy atom. The van der Waals surface area contributed by atoms with E-state index in [4.69, 9.17) is 0 Å². The molecule has 1 fully saturated rings. The molecule has 4 rings (SSSR count). The van der Waals surface area contributed by atoms with E-state index in [1.54, 1.807) is 12.1 Å². The average Bonchev–Trinajstić information content (AvgIpc) is 3.20. The van der Waals surface area contributed by atoms with E-state index >= 15 is 8.78 Å². The topological polar surface area (TPSA) is 61.4 Å². The summed E-state index contributed by atoms with van der Waals surface area (Å²) in [6.07, 6.45) is -4.71. The molecule has 1 aliphatic rings. The van der Waals surface area contributed by atoms with Gasteiger partial charge in [-0.05, 0) is 61.0 Å². The van der Waals surface area contributed by atoms with E-state index in [-0.39, 0.29) is 30.3 Å². The quantitative estimate of drug-likeness (QED) is 0.297. The molecule has 1 atom stereocenters. The van der Waals surface area contributed by atoms with Gasteiger partial charge in [-0.2, -0.15) is 13.2 Å². The summed E-state index contributed by atoms with van der Waals surface area (Å²) in [5, 5.41) is 5.25. The van der Waals surface area contributed by atoms with Gasteiger partial charge in [-0.3, -0.25) is 4.79 Å². The van der Waals surface area contributed by atoms with Gasteiger partial charge in [-0.25, -0.2) is 18.0 Å². The predicted molar refractivity (Wildman–Crippen MR) is 135 cm³/mol. The number of hydrogen-bond donors (Lipinski definition) is 2. The minimum Gasteiger partial charge on any atom is -0.326 e. The summed E-state index contributed by atoms with van der Waals surface area (Å²) in [6.45, 7) is 3.96. The van der Waals surface area contributed by atoms with Crippen LogP contribution in [0.5, 0.6) is 0 Å². The van der Waals surface area contributed by atoms with Crippen LogP contribution in [0.2, 0.25) is 0 Å². The maximum atomic E-state index is 15.2. The molecule has 3 aromatic rings. The number of anilines is 2. The van der Waals surface area contributed by atoms with Crippen LogP contribution < -0.4 is 20.8 Å². The number of alkyl halides is 3. The van der Waals surface area contributed by atoms with Gasteiger partial charge in [0, 0.05) is 12.1 Å². The zero-order valence-corrected chi connectivity index (χ0v) is 21.1. The molecule has 5 nitrogen and oxygen atoms in total. The molecule has 0 spiro atoms. The summed E-state index contributed by atoms with van der Waals surface area (Å²) in [5.41, 5.74) is -1.41. The maximum absolute atomic E-state index is 15.2. The number of hydrogen-bond acceptors (Lipinski definition) is 2.